The number of aliphatic carboxylic acids is 1. The monoisotopic (exact) mass is 1120 g/mol. The molecule has 1 atom stereocenters. The van der Waals surface area contributed by atoms with Gasteiger partial charge in [0.15, 0.2) is 5.71 Å². The average Bonchev–Trinajstić information content (AvgIpc) is 3.66. The van der Waals surface area contributed by atoms with Gasteiger partial charge in [0.2, 0.25) is 28.8 Å². The molecule has 20 nitrogen and oxygen atoms in total. The molecule has 2 aliphatic heterocycles. The van der Waals surface area contributed by atoms with E-state index < -0.39 is 48.0 Å². The fourth-order valence-electron chi connectivity index (χ4n) is 9.17. The first kappa shape index (κ1) is 61.7. The summed E-state index contributed by atoms with van der Waals surface area (Å²) >= 11 is 6.10. The Morgan fingerprint density at radius 2 is 1.43 bits per heavy atom. The van der Waals surface area contributed by atoms with E-state index in [0.29, 0.717) is 62.0 Å². The van der Waals surface area contributed by atoms with Gasteiger partial charge in [-0.2, -0.15) is 36.4 Å². The summed E-state index contributed by atoms with van der Waals surface area (Å²) in [6.45, 7) is 13.2. The van der Waals surface area contributed by atoms with Crippen LogP contribution in [0.4, 0.5) is 23.3 Å². The van der Waals surface area contributed by atoms with Gasteiger partial charge in [-0.15, -0.1) is 12.6 Å². The molecule has 24 heteroatoms. The van der Waals surface area contributed by atoms with Gasteiger partial charge >= 0.3 is 16.6 Å². The van der Waals surface area contributed by atoms with E-state index in [1.54, 1.807) is 6.07 Å². The molecule has 5 rings (SSSR count). The lowest BCUT2D eigenvalue weighted by Gasteiger charge is -2.30. The Morgan fingerprint density at radius 3 is 2.08 bits per heavy atom. The highest BCUT2D eigenvalue weighted by Gasteiger charge is 2.45. The first-order valence-corrected chi connectivity index (χ1v) is 29.3. The highest BCUT2D eigenvalue weighted by Crippen LogP contribution is 2.51. The highest BCUT2D eigenvalue weighted by molar-refractivity contribution is 7.86. The van der Waals surface area contributed by atoms with E-state index in [4.69, 9.17) is 29.3 Å². The van der Waals surface area contributed by atoms with E-state index in [1.807, 2.05) is 54.9 Å². The minimum Gasteiger partial charge on any atom is -0.481 e. The Morgan fingerprint density at radius 1 is 0.787 bits per heavy atom. The van der Waals surface area contributed by atoms with Gasteiger partial charge < -0.3 is 26.0 Å². The summed E-state index contributed by atoms with van der Waals surface area (Å²) < 4.78 is 93.5. The molecule has 2 aliphatic rings. The van der Waals surface area contributed by atoms with Gasteiger partial charge in [-0.25, -0.2) is 0 Å². The number of anilines is 3. The Labute approximate surface area is 447 Å². The number of aryl methyl sites for hydroxylation is 1. The standard InChI is InChI=1S/C51H69ClN8O9S2.O3S/c1-6-32-59-42-26-24-37(2)35-40(42)51(5,28-16-10-14-22-45(61)53-30-18-31-55-49-57-47(52)56-48(58-49)54-29-17-11-15-23-46(62)63)44(59)21-13-9-7-8-12-20-43-50(3,4)39-36-38(71(67,68)69)25-27-41(39)60(43)33-19-34-70(64,65)66;1-4(2)3/h7-9,12-13,20-21,24-27,35-36H,6,10-11,14-19,22-23,28-34H2,1-5H3,(H5-,53,54,55,56,57,58,61,62,63,64,65,66,67,68,69);/p+1. The number of benzene rings is 2. The number of rotatable bonds is 29. The van der Waals surface area contributed by atoms with Crippen LogP contribution >= 0.6 is 11.6 Å². The zero-order chi connectivity index (χ0) is 55.4. The van der Waals surface area contributed by atoms with Gasteiger partial charge in [0.25, 0.3) is 20.2 Å². The third kappa shape index (κ3) is 19.3. The van der Waals surface area contributed by atoms with Crippen molar-refractivity contribution >= 4 is 83.3 Å². The Balaban J connectivity index is 0.00000293. The molecule has 2 aromatic carbocycles. The van der Waals surface area contributed by atoms with Crippen molar-refractivity contribution in [3.63, 3.8) is 0 Å². The molecule has 410 valence electrons. The molecule has 0 bridgehead atoms. The summed E-state index contributed by atoms with van der Waals surface area (Å²) in [6, 6.07) is 11.0. The molecular weight excluding hydrogens is 1050 g/mol. The number of hydrogen-bond donors (Lipinski definition) is 6. The largest absolute Gasteiger partial charge is 0.481 e. The molecule has 6 N–H and O–H groups in total. The van der Waals surface area contributed by atoms with Crippen molar-refractivity contribution in [3.05, 3.63) is 107 Å². The predicted octanol–water partition coefficient (Wildman–Crippen LogP) is 8.10. The number of aromatic nitrogens is 3. The van der Waals surface area contributed by atoms with E-state index in [2.05, 4.69) is 80.8 Å². The summed E-state index contributed by atoms with van der Waals surface area (Å²) in [5, 5.41) is 18.1. The predicted molar refractivity (Wildman–Crippen MR) is 290 cm³/mol. The maximum absolute atomic E-state index is 12.8. The summed E-state index contributed by atoms with van der Waals surface area (Å²) in [4.78, 5) is 38.2. The molecule has 1 aromatic heterocycles. The lowest BCUT2D eigenvalue weighted by molar-refractivity contribution is -0.437. The molecule has 75 heavy (non-hydrogen) atoms. The average molecular weight is 1120 g/mol. The number of nitrogens with one attached hydrogen (secondary N) is 3. The summed E-state index contributed by atoms with van der Waals surface area (Å²) in [7, 11) is -11.7. The topological polar surface area (TPSA) is 295 Å². The fraction of sp³-hybridized carbons (Fsp3) is 0.490. The molecule has 0 saturated heterocycles. The van der Waals surface area contributed by atoms with Crippen LogP contribution in [0.5, 0.6) is 0 Å². The van der Waals surface area contributed by atoms with Crippen LogP contribution in [-0.4, -0.2) is 119 Å². The first-order valence-electron chi connectivity index (χ1n) is 24.8. The lowest BCUT2D eigenvalue weighted by Crippen LogP contribution is -2.29. The molecule has 3 heterocycles. The molecule has 0 radical (unpaired) electrons. The summed E-state index contributed by atoms with van der Waals surface area (Å²) in [6.07, 6.45) is 21.8. The van der Waals surface area contributed by atoms with Crippen LogP contribution in [0.1, 0.15) is 121 Å². The first-order chi connectivity index (χ1) is 35.4. The van der Waals surface area contributed by atoms with Crippen molar-refractivity contribution in [1.82, 2.24) is 20.3 Å². The number of halogens is 1. The van der Waals surface area contributed by atoms with Crippen molar-refractivity contribution in [2.75, 3.05) is 54.0 Å². The van der Waals surface area contributed by atoms with Crippen LogP contribution in [0.25, 0.3) is 0 Å². The smallest absolute Gasteiger partial charge is 0.425 e. The van der Waals surface area contributed by atoms with Crippen LogP contribution in [0.2, 0.25) is 5.28 Å². The number of carboxylic acids is 1. The zero-order valence-electron chi connectivity index (χ0n) is 43.1. The number of carboxylic acid groups (broad SMARTS) is 1. The molecule has 3 aromatic rings. The maximum atomic E-state index is 12.8. The van der Waals surface area contributed by atoms with Gasteiger partial charge in [0.05, 0.1) is 16.1 Å². The van der Waals surface area contributed by atoms with E-state index in [0.717, 1.165) is 57.2 Å². The number of nitrogens with zero attached hydrogens (tertiary/aromatic N) is 5. The number of unbranched alkanes of at least 4 members (excludes halogenated alkanes) is 4. The molecule has 1 unspecified atom stereocenters. The minimum atomic E-state index is -4.45. The molecule has 0 aliphatic carbocycles. The fourth-order valence-corrected chi connectivity index (χ4v) is 10.3. The molecule has 0 fully saturated rings. The van der Waals surface area contributed by atoms with E-state index in [1.165, 1.54) is 34.6 Å². The van der Waals surface area contributed by atoms with Gasteiger partial charge in [-0.1, -0.05) is 74.3 Å². The molecule has 0 saturated carbocycles. The normalized spacial score (nSPS) is 16.6. The summed E-state index contributed by atoms with van der Waals surface area (Å²) in [5.74, 6) is -0.546. The van der Waals surface area contributed by atoms with Crippen LogP contribution in [-0.2, 0) is 51.3 Å². The van der Waals surface area contributed by atoms with Gasteiger partial charge in [0, 0.05) is 79.9 Å². The van der Waals surface area contributed by atoms with Crippen LogP contribution < -0.4 is 20.9 Å². The summed E-state index contributed by atoms with van der Waals surface area (Å²) in [5.41, 5.74) is 6.14. The lowest BCUT2D eigenvalue weighted by atomic mass is 9.76. The van der Waals surface area contributed by atoms with Crippen molar-refractivity contribution in [1.29, 1.82) is 0 Å². The van der Waals surface area contributed by atoms with Crippen LogP contribution in [0.15, 0.2) is 89.5 Å². The van der Waals surface area contributed by atoms with Gasteiger partial charge in [0.1, 0.15) is 6.54 Å². The Bertz CT molecular complexity index is 2990. The Hall–Kier alpha value is -5.85. The number of carbonyl (C=O) groups is 2. The van der Waals surface area contributed by atoms with Crippen molar-refractivity contribution in [3.8, 4) is 0 Å². The Kier molecular flexibility index (Phi) is 23.8. The van der Waals surface area contributed by atoms with E-state index in [9.17, 15) is 35.5 Å². The number of carbonyl (C=O) groups excluding carboxylic acids is 1. The number of amides is 1. The second-order valence-electron chi connectivity index (χ2n) is 18.9. The highest BCUT2D eigenvalue weighted by atomic mass is 35.5. The zero-order valence-corrected chi connectivity index (χ0v) is 46.3. The quantitative estimate of drug-likeness (QED) is 0.0166. The van der Waals surface area contributed by atoms with Gasteiger partial charge in [-0.3, -0.25) is 18.7 Å². The SMILES string of the molecule is CCCN1C(=CC=CC=CC=CC2=[N+](CCCS(=O)(=O)O)c3ccc(S(=O)(=O)O)cc3C2(C)C)C(C)(CCCCCC(=O)NCCCNc2nc(Cl)nc(NCCCCCC(=O)O)n2)c2cc(C)ccc21.O=S(=O)=O. The third-order valence-electron chi connectivity index (χ3n) is 12.7. The molecular formula is C51H70ClN8O12S3+. The van der Waals surface area contributed by atoms with Crippen molar-refractivity contribution < 1.29 is 57.8 Å². The maximum Gasteiger partial charge on any atom is 0.425 e. The number of allylic oxidation sites excluding steroid dienone is 8. The van der Waals surface area contributed by atoms with E-state index >= 15 is 0 Å². The second kappa shape index (κ2) is 28.9. The third-order valence-corrected chi connectivity index (χ3v) is 14.6. The van der Waals surface area contributed by atoms with Crippen LogP contribution in [0, 0.1) is 6.92 Å². The number of fused-ring (bicyclic) bond motifs is 2. The molecule has 0 spiro atoms. The van der Waals surface area contributed by atoms with E-state index in [-0.39, 0.29) is 40.9 Å². The van der Waals surface area contributed by atoms with Gasteiger partial charge in [-0.05, 0) is 108 Å². The minimum absolute atomic E-state index is 0.0109. The second-order valence-corrected chi connectivity index (χ2v) is 22.7. The van der Waals surface area contributed by atoms with Crippen molar-refractivity contribution in [2.24, 2.45) is 0 Å². The van der Waals surface area contributed by atoms with Crippen LogP contribution in [0.3, 0.4) is 0 Å². The molecule has 1 amide bonds. The number of hydrogen-bond acceptors (Lipinski definition) is 15. The van der Waals surface area contributed by atoms with Crippen molar-refractivity contribution in [2.45, 2.75) is 127 Å².